The number of ether oxygens (including phenoxy) is 1. The normalized spacial score (nSPS) is 36.5. The number of hydrogen-bond donors (Lipinski definition) is 1. The SMILES string of the molecule is CCNC1CCC(C)CC1S(=O)(=O)CC1CCCO1. The molecule has 0 aromatic heterocycles. The molecule has 4 unspecified atom stereocenters. The molecular weight excluding hydrogens is 262 g/mol. The molecule has 5 heteroatoms. The van der Waals surface area contributed by atoms with Crippen molar-refractivity contribution in [2.24, 2.45) is 5.92 Å². The van der Waals surface area contributed by atoms with E-state index in [1.807, 2.05) is 6.92 Å². The predicted octanol–water partition coefficient (Wildman–Crippen LogP) is 1.75. The van der Waals surface area contributed by atoms with Crippen molar-refractivity contribution in [3.05, 3.63) is 0 Å². The fourth-order valence-corrected chi connectivity index (χ4v) is 5.76. The standard InChI is InChI=1S/C14H27NO3S/c1-3-15-13-7-6-11(2)9-14(13)19(16,17)10-12-5-4-8-18-12/h11-15H,3-10H2,1-2H3. The summed E-state index contributed by atoms with van der Waals surface area (Å²) in [6.45, 7) is 5.77. The number of rotatable bonds is 5. The minimum Gasteiger partial charge on any atom is -0.377 e. The van der Waals surface area contributed by atoms with E-state index in [0.29, 0.717) is 5.92 Å². The molecule has 112 valence electrons. The second-order valence-electron chi connectivity index (χ2n) is 6.09. The molecule has 4 atom stereocenters. The second kappa shape index (κ2) is 6.55. The van der Waals surface area contributed by atoms with E-state index in [1.54, 1.807) is 0 Å². The van der Waals surface area contributed by atoms with Gasteiger partial charge in [0.25, 0.3) is 0 Å². The Hall–Kier alpha value is -0.130. The average molecular weight is 289 g/mol. The third kappa shape index (κ3) is 3.92. The van der Waals surface area contributed by atoms with Crippen LogP contribution in [0.1, 0.15) is 46.0 Å². The summed E-state index contributed by atoms with van der Waals surface area (Å²) < 4.78 is 30.8. The first-order chi connectivity index (χ1) is 9.03. The van der Waals surface area contributed by atoms with E-state index >= 15 is 0 Å². The van der Waals surface area contributed by atoms with Crippen molar-refractivity contribution in [3.63, 3.8) is 0 Å². The zero-order valence-electron chi connectivity index (χ0n) is 12.1. The quantitative estimate of drug-likeness (QED) is 0.838. The molecule has 1 saturated carbocycles. The Labute approximate surface area is 117 Å². The van der Waals surface area contributed by atoms with Crippen LogP contribution in [0.3, 0.4) is 0 Å². The summed E-state index contributed by atoms with van der Waals surface area (Å²) in [6, 6.07) is 0.132. The summed E-state index contributed by atoms with van der Waals surface area (Å²) in [6.07, 6.45) is 4.73. The highest BCUT2D eigenvalue weighted by Crippen LogP contribution is 2.30. The Bertz CT molecular complexity index is 376. The fraction of sp³-hybridized carbons (Fsp3) is 1.00. The third-order valence-corrected chi connectivity index (χ3v) is 6.70. The van der Waals surface area contributed by atoms with Crippen LogP contribution in [0.25, 0.3) is 0 Å². The number of nitrogens with one attached hydrogen (secondary N) is 1. The summed E-state index contributed by atoms with van der Waals surface area (Å²) in [4.78, 5) is 0. The fourth-order valence-electron chi connectivity index (χ4n) is 3.38. The lowest BCUT2D eigenvalue weighted by atomic mass is 9.87. The first-order valence-electron chi connectivity index (χ1n) is 7.59. The van der Waals surface area contributed by atoms with Gasteiger partial charge in [0.15, 0.2) is 9.84 Å². The van der Waals surface area contributed by atoms with E-state index in [0.717, 1.165) is 45.3 Å². The minimum atomic E-state index is -3.06. The summed E-state index contributed by atoms with van der Waals surface area (Å²) in [7, 11) is -3.06. The van der Waals surface area contributed by atoms with Gasteiger partial charge in [-0.1, -0.05) is 13.8 Å². The Morgan fingerprint density at radius 3 is 2.68 bits per heavy atom. The van der Waals surface area contributed by atoms with Crippen LogP contribution in [-0.4, -0.2) is 44.7 Å². The molecule has 2 aliphatic rings. The van der Waals surface area contributed by atoms with E-state index in [9.17, 15) is 8.42 Å². The van der Waals surface area contributed by atoms with Crippen molar-refractivity contribution in [1.82, 2.24) is 5.32 Å². The van der Waals surface area contributed by atoms with Gasteiger partial charge >= 0.3 is 0 Å². The molecule has 1 heterocycles. The topological polar surface area (TPSA) is 55.4 Å². The molecule has 1 saturated heterocycles. The highest BCUT2D eigenvalue weighted by atomic mass is 32.2. The molecule has 2 rings (SSSR count). The Kier molecular flexibility index (Phi) is 5.26. The van der Waals surface area contributed by atoms with Gasteiger partial charge in [-0.3, -0.25) is 0 Å². The maximum absolute atomic E-state index is 12.7. The largest absolute Gasteiger partial charge is 0.377 e. The minimum absolute atomic E-state index is 0.0653. The number of hydrogen-bond acceptors (Lipinski definition) is 4. The van der Waals surface area contributed by atoms with E-state index < -0.39 is 9.84 Å². The Balaban J connectivity index is 2.05. The summed E-state index contributed by atoms with van der Waals surface area (Å²) >= 11 is 0. The smallest absolute Gasteiger partial charge is 0.157 e. The summed E-state index contributed by atoms with van der Waals surface area (Å²) in [5, 5.41) is 3.14. The lowest BCUT2D eigenvalue weighted by molar-refractivity contribution is 0.127. The molecule has 1 aliphatic heterocycles. The zero-order valence-corrected chi connectivity index (χ0v) is 12.9. The van der Waals surface area contributed by atoms with Crippen LogP contribution in [-0.2, 0) is 14.6 Å². The third-order valence-electron chi connectivity index (χ3n) is 4.42. The van der Waals surface area contributed by atoms with Gasteiger partial charge in [0.1, 0.15) is 0 Å². The van der Waals surface area contributed by atoms with Crippen LogP contribution in [0.4, 0.5) is 0 Å². The van der Waals surface area contributed by atoms with Crippen LogP contribution < -0.4 is 5.32 Å². The molecule has 0 bridgehead atoms. The zero-order chi connectivity index (χ0) is 13.9. The first kappa shape index (κ1) is 15.3. The Morgan fingerprint density at radius 1 is 1.26 bits per heavy atom. The average Bonchev–Trinajstić information content (AvgIpc) is 2.83. The van der Waals surface area contributed by atoms with Crippen molar-refractivity contribution < 1.29 is 13.2 Å². The molecule has 0 amide bonds. The molecule has 4 nitrogen and oxygen atoms in total. The molecule has 1 aliphatic carbocycles. The van der Waals surface area contributed by atoms with Gasteiger partial charge in [-0.25, -0.2) is 8.42 Å². The highest BCUT2D eigenvalue weighted by molar-refractivity contribution is 7.92. The second-order valence-corrected chi connectivity index (χ2v) is 8.35. The van der Waals surface area contributed by atoms with E-state index in [-0.39, 0.29) is 23.1 Å². The molecule has 1 N–H and O–H groups in total. The summed E-state index contributed by atoms with van der Waals surface area (Å²) in [5.74, 6) is 0.728. The van der Waals surface area contributed by atoms with Crippen LogP contribution in [0.15, 0.2) is 0 Å². The lowest BCUT2D eigenvalue weighted by Crippen LogP contribution is -2.49. The Morgan fingerprint density at radius 2 is 2.05 bits per heavy atom. The van der Waals surface area contributed by atoms with Crippen molar-refractivity contribution in [3.8, 4) is 0 Å². The first-order valence-corrected chi connectivity index (χ1v) is 9.31. The maximum atomic E-state index is 12.7. The van der Waals surface area contributed by atoms with Gasteiger partial charge in [0.2, 0.25) is 0 Å². The maximum Gasteiger partial charge on any atom is 0.157 e. The molecule has 0 spiro atoms. The molecule has 2 fully saturated rings. The van der Waals surface area contributed by atoms with Crippen LogP contribution >= 0.6 is 0 Å². The highest BCUT2D eigenvalue weighted by Gasteiger charge is 2.39. The van der Waals surface area contributed by atoms with Crippen molar-refractivity contribution in [1.29, 1.82) is 0 Å². The van der Waals surface area contributed by atoms with Crippen molar-refractivity contribution in [2.75, 3.05) is 18.9 Å². The van der Waals surface area contributed by atoms with Gasteiger partial charge in [-0.2, -0.15) is 0 Å². The monoisotopic (exact) mass is 289 g/mol. The molecule has 0 radical (unpaired) electrons. The van der Waals surface area contributed by atoms with Gasteiger partial charge in [0, 0.05) is 12.6 Å². The van der Waals surface area contributed by atoms with Crippen LogP contribution in [0.2, 0.25) is 0 Å². The van der Waals surface area contributed by atoms with E-state index in [4.69, 9.17) is 4.74 Å². The van der Waals surface area contributed by atoms with E-state index in [2.05, 4.69) is 12.2 Å². The molecule has 0 aromatic rings. The molecule has 0 aromatic carbocycles. The van der Waals surface area contributed by atoms with Crippen LogP contribution in [0, 0.1) is 5.92 Å². The van der Waals surface area contributed by atoms with Gasteiger partial charge in [-0.15, -0.1) is 0 Å². The van der Waals surface area contributed by atoms with Gasteiger partial charge < -0.3 is 10.1 Å². The van der Waals surface area contributed by atoms with Crippen LogP contribution in [0.5, 0.6) is 0 Å². The van der Waals surface area contributed by atoms with Gasteiger partial charge in [0.05, 0.1) is 17.1 Å². The summed E-state index contributed by atoms with van der Waals surface area (Å²) in [5.41, 5.74) is 0. The predicted molar refractivity (Wildman–Crippen MR) is 77.0 cm³/mol. The lowest BCUT2D eigenvalue weighted by Gasteiger charge is -2.35. The molecular formula is C14H27NO3S. The number of sulfone groups is 1. The molecule has 19 heavy (non-hydrogen) atoms. The van der Waals surface area contributed by atoms with Gasteiger partial charge in [-0.05, 0) is 44.6 Å². The van der Waals surface area contributed by atoms with Crippen molar-refractivity contribution >= 4 is 9.84 Å². The van der Waals surface area contributed by atoms with E-state index in [1.165, 1.54) is 0 Å². The van der Waals surface area contributed by atoms with Crippen molar-refractivity contribution in [2.45, 2.75) is 63.3 Å².